The maximum atomic E-state index is 5.55. The van der Waals surface area contributed by atoms with E-state index >= 15 is 0 Å². The molecule has 2 aromatic heterocycles. The minimum absolute atomic E-state index is 0.646. The molecule has 0 unspecified atom stereocenters. The Bertz CT molecular complexity index is 929. The van der Waals surface area contributed by atoms with Crippen molar-refractivity contribution < 1.29 is 9.47 Å². The summed E-state index contributed by atoms with van der Waals surface area (Å²) >= 11 is 1.57. The van der Waals surface area contributed by atoms with Crippen LogP contribution in [0.5, 0.6) is 11.5 Å². The Morgan fingerprint density at radius 1 is 1.28 bits per heavy atom. The first-order valence-electron chi connectivity index (χ1n) is 7.73. The lowest BCUT2D eigenvalue weighted by Crippen LogP contribution is -2.15. The second kappa shape index (κ2) is 7.81. The molecule has 1 aromatic carbocycles. The fourth-order valence-corrected chi connectivity index (χ4v) is 3.41. The van der Waals surface area contributed by atoms with Gasteiger partial charge in [-0.25, -0.2) is 4.99 Å². The van der Waals surface area contributed by atoms with Crippen molar-refractivity contribution in [3.63, 3.8) is 0 Å². The molecule has 128 valence electrons. The molecule has 0 radical (unpaired) electrons. The minimum Gasteiger partial charge on any atom is -0.497 e. The highest BCUT2D eigenvalue weighted by molar-refractivity contribution is 7.07. The predicted octanol–water partition coefficient (Wildman–Crippen LogP) is 4.05. The van der Waals surface area contributed by atoms with E-state index in [0.29, 0.717) is 6.54 Å². The van der Waals surface area contributed by atoms with Gasteiger partial charge >= 0.3 is 0 Å². The summed E-state index contributed by atoms with van der Waals surface area (Å²) in [5.74, 6) is 1.51. The van der Waals surface area contributed by atoms with Crippen molar-refractivity contribution in [3.8, 4) is 22.8 Å². The Balaban J connectivity index is 2.15. The van der Waals surface area contributed by atoms with Gasteiger partial charge in [0.25, 0.3) is 0 Å². The summed E-state index contributed by atoms with van der Waals surface area (Å²) in [6, 6.07) is 9.60. The molecule has 0 atom stereocenters. The van der Waals surface area contributed by atoms with Crippen LogP contribution >= 0.6 is 11.3 Å². The summed E-state index contributed by atoms with van der Waals surface area (Å²) in [6.45, 7) is 4.51. The molecule has 25 heavy (non-hydrogen) atoms. The molecular formula is C19H19N3O2S. The zero-order valence-electron chi connectivity index (χ0n) is 14.2. The standard InChI is InChI=1S/C19H19N3O2S/c1-4-10-22-17(16-8-7-15(23-2)11-18(16)24-3)13-25-19(22)21-14-6-5-9-20-12-14/h4-9,11-13H,1,10H2,2-3H3. The number of benzene rings is 1. The number of nitrogens with zero attached hydrogens (tertiary/aromatic N) is 3. The van der Waals surface area contributed by atoms with Crippen LogP contribution in [0.1, 0.15) is 0 Å². The summed E-state index contributed by atoms with van der Waals surface area (Å²) in [4.78, 5) is 9.69. The zero-order chi connectivity index (χ0) is 17.6. The molecule has 0 saturated carbocycles. The van der Waals surface area contributed by atoms with Gasteiger partial charge < -0.3 is 14.0 Å². The lowest BCUT2D eigenvalue weighted by Gasteiger charge is -2.12. The predicted molar refractivity (Wildman–Crippen MR) is 101 cm³/mol. The summed E-state index contributed by atoms with van der Waals surface area (Å²) in [7, 11) is 3.30. The first kappa shape index (κ1) is 17.0. The molecule has 0 saturated heterocycles. The first-order chi connectivity index (χ1) is 12.3. The molecule has 6 heteroatoms. The topological polar surface area (TPSA) is 48.6 Å². The van der Waals surface area contributed by atoms with Crippen molar-refractivity contribution in [3.05, 3.63) is 65.6 Å². The maximum Gasteiger partial charge on any atom is 0.190 e. The average molecular weight is 353 g/mol. The van der Waals surface area contributed by atoms with Gasteiger partial charge in [-0.05, 0) is 24.3 Å². The van der Waals surface area contributed by atoms with Crippen LogP contribution in [0.2, 0.25) is 0 Å². The van der Waals surface area contributed by atoms with Gasteiger partial charge in [-0.2, -0.15) is 0 Å². The fraction of sp³-hybridized carbons (Fsp3) is 0.158. The van der Waals surface area contributed by atoms with Gasteiger partial charge in [0, 0.05) is 29.8 Å². The second-order valence-corrected chi connectivity index (χ2v) is 6.03. The molecule has 3 aromatic rings. The lowest BCUT2D eigenvalue weighted by atomic mass is 10.1. The van der Waals surface area contributed by atoms with E-state index in [0.717, 1.165) is 33.2 Å². The van der Waals surface area contributed by atoms with Crippen LogP contribution in [0, 0.1) is 0 Å². The van der Waals surface area contributed by atoms with Crippen LogP contribution in [-0.2, 0) is 6.54 Å². The van der Waals surface area contributed by atoms with E-state index in [1.165, 1.54) is 0 Å². The van der Waals surface area contributed by atoms with Gasteiger partial charge in [0.05, 0.1) is 31.8 Å². The van der Waals surface area contributed by atoms with Crippen LogP contribution < -0.4 is 14.3 Å². The third kappa shape index (κ3) is 3.64. The van der Waals surface area contributed by atoms with E-state index in [4.69, 9.17) is 14.5 Å². The van der Waals surface area contributed by atoms with Gasteiger partial charge in [0.1, 0.15) is 11.5 Å². The van der Waals surface area contributed by atoms with Crippen molar-refractivity contribution in [2.24, 2.45) is 4.99 Å². The number of ether oxygens (including phenoxy) is 2. The normalized spacial score (nSPS) is 11.4. The molecule has 0 spiro atoms. The van der Waals surface area contributed by atoms with Gasteiger partial charge in [0.2, 0.25) is 0 Å². The highest BCUT2D eigenvalue weighted by Gasteiger charge is 2.13. The summed E-state index contributed by atoms with van der Waals surface area (Å²) < 4.78 is 12.9. The van der Waals surface area contributed by atoms with E-state index in [1.54, 1.807) is 38.0 Å². The Kier molecular flexibility index (Phi) is 5.30. The first-order valence-corrected chi connectivity index (χ1v) is 8.61. The SMILES string of the molecule is C=CCn1c(-c2ccc(OC)cc2OC)csc1=Nc1cccnc1. The number of aromatic nitrogens is 2. The van der Waals surface area contributed by atoms with Gasteiger partial charge in [-0.3, -0.25) is 4.98 Å². The molecule has 3 rings (SSSR count). The van der Waals surface area contributed by atoms with Crippen molar-refractivity contribution in [2.45, 2.75) is 6.54 Å². The monoisotopic (exact) mass is 353 g/mol. The molecule has 0 bridgehead atoms. The third-order valence-electron chi connectivity index (χ3n) is 3.66. The highest BCUT2D eigenvalue weighted by atomic mass is 32.1. The molecule has 0 fully saturated rings. The molecular weight excluding hydrogens is 334 g/mol. The van der Waals surface area contributed by atoms with Crippen LogP contribution in [0.25, 0.3) is 11.3 Å². The molecule has 5 nitrogen and oxygen atoms in total. The highest BCUT2D eigenvalue weighted by Crippen LogP contribution is 2.33. The fourth-order valence-electron chi connectivity index (χ4n) is 2.48. The van der Waals surface area contributed by atoms with Gasteiger partial charge in [-0.1, -0.05) is 6.08 Å². The molecule has 0 aliphatic heterocycles. The Morgan fingerprint density at radius 2 is 2.16 bits per heavy atom. The van der Waals surface area contributed by atoms with Gasteiger partial charge in [-0.15, -0.1) is 17.9 Å². The average Bonchev–Trinajstić information content (AvgIpc) is 3.04. The summed E-state index contributed by atoms with van der Waals surface area (Å²) in [5.41, 5.74) is 2.82. The number of methoxy groups -OCH3 is 2. The van der Waals surface area contributed by atoms with E-state index in [9.17, 15) is 0 Å². The summed E-state index contributed by atoms with van der Waals surface area (Å²) in [6.07, 6.45) is 5.33. The van der Waals surface area contributed by atoms with E-state index in [1.807, 2.05) is 36.4 Å². The number of hydrogen-bond acceptors (Lipinski definition) is 5. The van der Waals surface area contributed by atoms with Crippen LogP contribution in [0.15, 0.2) is 65.8 Å². The number of thiazole rings is 1. The number of allylic oxidation sites excluding steroid dienone is 1. The molecule has 0 amide bonds. The number of hydrogen-bond donors (Lipinski definition) is 0. The summed E-state index contributed by atoms with van der Waals surface area (Å²) in [5, 5.41) is 2.07. The molecule has 0 aliphatic carbocycles. The Hall–Kier alpha value is -2.86. The lowest BCUT2D eigenvalue weighted by molar-refractivity contribution is 0.395. The van der Waals surface area contributed by atoms with Crippen molar-refractivity contribution in [1.29, 1.82) is 0 Å². The van der Waals surface area contributed by atoms with Crippen molar-refractivity contribution in [2.75, 3.05) is 14.2 Å². The van der Waals surface area contributed by atoms with E-state index in [-0.39, 0.29) is 0 Å². The molecule has 0 aliphatic rings. The third-order valence-corrected chi connectivity index (χ3v) is 4.53. The van der Waals surface area contributed by atoms with Crippen molar-refractivity contribution in [1.82, 2.24) is 9.55 Å². The van der Waals surface area contributed by atoms with E-state index < -0.39 is 0 Å². The van der Waals surface area contributed by atoms with Crippen molar-refractivity contribution >= 4 is 17.0 Å². The number of rotatable bonds is 6. The van der Waals surface area contributed by atoms with Gasteiger partial charge in [0.15, 0.2) is 4.80 Å². The quantitative estimate of drug-likeness (QED) is 0.628. The van der Waals surface area contributed by atoms with Crippen LogP contribution in [-0.4, -0.2) is 23.8 Å². The second-order valence-electron chi connectivity index (χ2n) is 5.19. The Labute approximate surface area is 150 Å². The molecule has 0 N–H and O–H groups in total. The zero-order valence-corrected chi connectivity index (χ0v) is 15.0. The largest absolute Gasteiger partial charge is 0.497 e. The van der Waals surface area contributed by atoms with Crippen LogP contribution in [0.3, 0.4) is 0 Å². The number of pyridine rings is 1. The molecule has 2 heterocycles. The van der Waals surface area contributed by atoms with Crippen LogP contribution in [0.4, 0.5) is 5.69 Å². The smallest absolute Gasteiger partial charge is 0.190 e. The minimum atomic E-state index is 0.646. The van der Waals surface area contributed by atoms with E-state index in [2.05, 4.69) is 21.5 Å². The Morgan fingerprint density at radius 3 is 2.84 bits per heavy atom. The maximum absolute atomic E-state index is 5.55.